The molecule has 0 bridgehead atoms. The molecule has 1 aliphatic heterocycles. The molecule has 0 spiro atoms. The van der Waals surface area contributed by atoms with Gasteiger partial charge in [-0.1, -0.05) is 12.1 Å². The van der Waals surface area contributed by atoms with Gasteiger partial charge in [0.05, 0.1) is 15.3 Å². The number of halogens is 2. The molecule has 0 aliphatic carbocycles. The number of pyridine rings is 2. The Hall–Kier alpha value is -3.40. The molecule has 35 heavy (non-hydrogen) atoms. The first kappa shape index (κ1) is 24.7. The maximum absolute atomic E-state index is 14.0. The minimum absolute atomic E-state index is 0.0815. The van der Waals surface area contributed by atoms with Gasteiger partial charge >= 0.3 is 0 Å². The zero-order valence-electron chi connectivity index (χ0n) is 19.6. The molecule has 10 heteroatoms. The van der Waals surface area contributed by atoms with E-state index in [2.05, 4.69) is 15.3 Å². The van der Waals surface area contributed by atoms with Crippen LogP contribution in [-0.2, 0) is 9.73 Å². The van der Waals surface area contributed by atoms with Crippen molar-refractivity contribution >= 4 is 27.1 Å². The van der Waals surface area contributed by atoms with E-state index in [0.717, 1.165) is 5.56 Å². The van der Waals surface area contributed by atoms with E-state index in [4.69, 9.17) is 4.78 Å². The van der Waals surface area contributed by atoms with Crippen molar-refractivity contribution in [2.75, 3.05) is 29.6 Å². The standard InChI is InChI=1S/C25H27F2N5O2S/c1-17-21(18-6-4-11-29-15-18)16-30-23(32-12-5-9-25(26,27)10-13-32)22(17)24(33)31-19-7-3-8-20(14-19)35(2,28)34/h3-4,6-8,11,14-16,28H,5,9-10,12-13H2,1-2H3,(H,31,33). The summed E-state index contributed by atoms with van der Waals surface area (Å²) < 4.78 is 48.0. The normalized spacial score (nSPS) is 17.3. The molecule has 1 unspecified atom stereocenters. The summed E-state index contributed by atoms with van der Waals surface area (Å²) in [5.41, 5.74) is 2.80. The van der Waals surface area contributed by atoms with Gasteiger partial charge in [0.15, 0.2) is 0 Å². The molecule has 1 aliphatic rings. The lowest BCUT2D eigenvalue weighted by atomic mass is 9.98. The van der Waals surface area contributed by atoms with Crippen LogP contribution >= 0.6 is 0 Å². The third-order valence-electron chi connectivity index (χ3n) is 6.08. The maximum Gasteiger partial charge on any atom is 0.259 e. The van der Waals surface area contributed by atoms with Gasteiger partial charge in [-0.05, 0) is 43.2 Å². The second-order valence-corrected chi connectivity index (χ2v) is 10.9. The molecule has 2 N–H and O–H groups in total. The van der Waals surface area contributed by atoms with Crippen LogP contribution in [0, 0.1) is 11.7 Å². The Morgan fingerprint density at radius 2 is 1.97 bits per heavy atom. The number of alkyl halides is 2. The fourth-order valence-corrected chi connectivity index (χ4v) is 4.89. The summed E-state index contributed by atoms with van der Waals surface area (Å²) in [6.45, 7) is 2.24. The fourth-order valence-electron chi connectivity index (χ4n) is 4.20. The van der Waals surface area contributed by atoms with Gasteiger partial charge in [-0.25, -0.2) is 22.8 Å². The quantitative estimate of drug-likeness (QED) is 0.492. The molecule has 1 amide bonds. The Balaban J connectivity index is 1.77. The Morgan fingerprint density at radius 1 is 1.17 bits per heavy atom. The number of benzene rings is 1. The van der Waals surface area contributed by atoms with Gasteiger partial charge in [0.25, 0.3) is 5.91 Å². The number of carbonyl (C=O) groups is 1. The van der Waals surface area contributed by atoms with Gasteiger partial charge in [0.2, 0.25) is 5.92 Å². The average Bonchev–Trinajstić information content (AvgIpc) is 2.99. The van der Waals surface area contributed by atoms with Gasteiger partial charge in [-0.3, -0.25) is 9.78 Å². The first-order chi connectivity index (χ1) is 16.5. The van der Waals surface area contributed by atoms with Crippen LogP contribution < -0.4 is 10.2 Å². The van der Waals surface area contributed by atoms with Crippen molar-refractivity contribution in [2.45, 2.75) is 37.0 Å². The zero-order valence-corrected chi connectivity index (χ0v) is 20.4. The van der Waals surface area contributed by atoms with Crippen molar-refractivity contribution in [3.63, 3.8) is 0 Å². The van der Waals surface area contributed by atoms with E-state index in [9.17, 15) is 17.8 Å². The summed E-state index contributed by atoms with van der Waals surface area (Å²) in [7, 11) is -2.97. The van der Waals surface area contributed by atoms with Crippen LogP contribution in [0.3, 0.4) is 0 Å². The lowest BCUT2D eigenvalue weighted by Crippen LogP contribution is -2.30. The van der Waals surface area contributed by atoms with Gasteiger partial charge in [0.1, 0.15) is 5.82 Å². The van der Waals surface area contributed by atoms with E-state index in [1.54, 1.807) is 54.7 Å². The molecular formula is C25H27F2N5O2S. The molecule has 1 fully saturated rings. The molecule has 0 radical (unpaired) electrons. The summed E-state index contributed by atoms with van der Waals surface area (Å²) in [6, 6.07) is 10.00. The van der Waals surface area contributed by atoms with Crippen molar-refractivity contribution in [3.05, 3.63) is 66.1 Å². The SMILES string of the molecule is Cc1c(-c2cccnc2)cnc(N2CCCC(F)(F)CC2)c1C(=O)Nc1cccc(S(C)(=N)=O)c1. The van der Waals surface area contributed by atoms with E-state index < -0.39 is 21.6 Å². The minimum atomic E-state index is -2.97. The van der Waals surface area contributed by atoms with Crippen LogP contribution in [0.1, 0.15) is 35.2 Å². The number of hydrogen-bond acceptors (Lipinski definition) is 6. The number of anilines is 2. The summed E-state index contributed by atoms with van der Waals surface area (Å²) in [5.74, 6) is -2.86. The summed E-state index contributed by atoms with van der Waals surface area (Å²) in [4.78, 5) is 24.4. The molecule has 184 valence electrons. The highest BCUT2D eigenvalue weighted by Gasteiger charge is 2.33. The number of carbonyl (C=O) groups excluding carboxylic acids is 1. The highest BCUT2D eigenvalue weighted by atomic mass is 32.2. The Morgan fingerprint density at radius 3 is 2.69 bits per heavy atom. The number of hydrogen-bond donors (Lipinski definition) is 2. The van der Waals surface area contributed by atoms with Gasteiger partial charge in [0, 0.05) is 72.5 Å². The van der Waals surface area contributed by atoms with Crippen molar-refractivity contribution < 1.29 is 17.8 Å². The monoisotopic (exact) mass is 499 g/mol. The first-order valence-electron chi connectivity index (χ1n) is 11.2. The van der Waals surface area contributed by atoms with Crippen molar-refractivity contribution in [1.29, 1.82) is 4.78 Å². The predicted octanol–water partition coefficient (Wildman–Crippen LogP) is 5.37. The molecule has 1 atom stereocenters. The van der Waals surface area contributed by atoms with Crippen LogP contribution in [0.15, 0.2) is 59.9 Å². The van der Waals surface area contributed by atoms with E-state index in [1.807, 2.05) is 6.07 Å². The Kier molecular flexibility index (Phi) is 6.84. The predicted molar refractivity (Wildman–Crippen MR) is 133 cm³/mol. The average molecular weight is 500 g/mol. The lowest BCUT2D eigenvalue weighted by molar-refractivity contribution is -0.0102. The number of nitrogens with one attached hydrogen (secondary N) is 2. The molecule has 3 aromatic rings. The second-order valence-electron chi connectivity index (χ2n) is 8.76. The van der Waals surface area contributed by atoms with Crippen molar-refractivity contribution in [1.82, 2.24) is 9.97 Å². The fraction of sp³-hybridized carbons (Fsp3) is 0.320. The zero-order chi connectivity index (χ0) is 25.2. The summed E-state index contributed by atoms with van der Waals surface area (Å²) in [6.07, 6.45) is 6.06. The van der Waals surface area contributed by atoms with Gasteiger partial charge in [-0.2, -0.15) is 0 Å². The van der Waals surface area contributed by atoms with Gasteiger partial charge in [-0.15, -0.1) is 0 Å². The minimum Gasteiger partial charge on any atom is -0.356 e. The van der Waals surface area contributed by atoms with Crippen LogP contribution in [0.5, 0.6) is 0 Å². The molecule has 7 nitrogen and oxygen atoms in total. The molecular weight excluding hydrogens is 472 g/mol. The van der Waals surface area contributed by atoms with Crippen LogP contribution in [0.25, 0.3) is 11.1 Å². The Bertz CT molecular complexity index is 1350. The number of nitrogens with zero attached hydrogens (tertiary/aromatic N) is 3. The summed E-state index contributed by atoms with van der Waals surface area (Å²) >= 11 is 0. The number of rotatable bonds is 5. The Labute approximate surface area is 203 Å². The van der Waals surface area contributed by atoms with Gasteiger partial charge < -0.3 is 10.2 Å². The van der Waals surface area contributed by atoms with E-state index in [1.165, 1.54) is 12.3 Å². The molecule has 2 aromatic heterocycles. The third kappa shape index (κ3) is 5.64. The van der Waals surface area contributed by atoms with Crippen LogP contribution in [0.4, 0.5) is 20.3 Å². The van der Waals surface area contributed by atoms with Crippen LogP contribution in [0.2, 0.25) is 0 Å². The molecule has 3 heterocycles. The third-order valence-corrected chi connectivity index (χ3v) is 7.23. The topological polar surface area (TPSA) is 99.0 Å². The van der Waals surface area contributed by atoms with E-state index in [0.29, 0.717) is 34.1 Å². The number of amides is 1. The molecule has 1 aromatic carbocycles. The highest BCUT2D eigenvalue weighted by molar-refractivity contribution is 7.91. The lowest BCUT2D eigenvalue weighted by Gasteiger charge is -2.26. The van der Waals surface area contributed by atoms with Crippen molar-refractivity contribution in [3.8, 4) is 11.1 Å². The van der Waals surface area contributed by atoms with Crippen LogP contribution in [-0.4, -0.2) is 45.4 Å². The smallest absolute Gasteiger partial charge is 0.259 e. The molecule has 4 rings (SSSR count). The summed E-state index contributed by atoms with van der Waals surface area (Å²) in [5, 5.41) is 2.82. The highest BCUT2D eigenvalue weighted by Crippen LogP contribution is 2.34. The molecule has 1 saturated heterocycles. The molecule has 0 saturated carbocycles. The van der Waals surface area contributed by atoms with E-state index >= 15 is 0 Å². The number of aromatic nitrogens is 2. The second kappa shape index (κ2) is 9.69. The largest absolute Gasteiger partial charge is 0.356 e. The first-order valence-corrected chi connectivity index (χ1v) is 13.2. The maximum atomic E-state index is 14.0. The van der Waals surface area contributed by atoms with Crippen molar-refractivity contribution in [2.24, 2.45) is 0 Å². The van der Waals surface area contributed by atoms with E-state index in [-0.39, 0.29) is 31.4 Å².